The van der Waals surface area contributed by atoms with E-state index in [2.05, 4.69) is 50.6 Å². The van der Waals surface area contributed by atoms with Gasteiger partial charge in [0.05, 0.1) is 0 Å². The van der Waals surface area contributed by atoms with Gasteiger partial charge in [-0.1, -0.05) is 62.6 Å². The highest BCUT2D eigenvalue weighted by Gasteiger charge is 2.27. The second-order valence-corrected chi connectivity index (χ2v) is 10.4. The number of hydrogen-bond acceptors (Lipinski definition) is 7. The predicted octanol–water partition coefficient (Wildman–Crippen LogP) is 2.89. The third-order valence-electron chi connectivity index (χ3n) is 5.09. The molecular weight excluding hydrogens is 430 g/mol. The number of amides is 2. The summed E-state index contributed by atoms with van der Waals surface area (Å²) in [5.74, 6) is 2.69. The van der Waals surface area contributed by atoms with Crippen molar-refractivity contribution in [2.24, 2.45) is 17.4 Å². The summed E-state index contributed by atoms with van der Waals surface area (Å²) in [7, 11) is 3.53. The van der Waals surface area contributed by atoms with Crippen molar-refractivity contribution in [2.45, 2.75) is 78.7 Å². The Labute approximate surface area is 199 Å². The van der Waals surface area contributed by atoms with E-state index < -0.39 is 0 Å². The van der Waals surface area contributed by atoms with Crippen molar-refractivity contribution >= 4 is 33.4 Å². The lowest BCUT2D eigenvalue weighted by molar-refractivity contribution is -0.123. The van der Waals surface area contributed by atoms with Crippen molar-refractivity contribution in [3.05, 3.63) is 0 Å². The summed E-state index contributed by atoms with van der Waals surface area (Å²) >= 11 is 0. The quantitative estimate of drug-likeness (QED) is 0.151. The van der Waals surface area contributed by atoms with Crippen molar-refractivity contribution in [3.8, 4) is 0 Å². The maximum Gasteiger partial charge on any atom is 0.221 e. The number of rotatable bonds is 18. The number of hydrogen-bond donors (Lipinski definition) is 5. The van der Waals surface area contributed by atoms with Gasteiger partial charge in [-0.2, -0.15) is 0 Å². The SMILES string of the molecule is CCC(C)CC(=O)NCCSSCCN.CCCNC(CC)(CC)CC(=O)NCCN. The summed E-state index contributed by atoms with van der Waals surface area (Å²) in [6, 6.07) is 0. The van der Waals surface area contributed by atoms with Gasteiger partial charge in [-0.15, -0.1) is 0 Å². The standard InChI is InChI=1S/C12H27N3O.C10H22N2OS2/c1-4-8-15-12(5-2,6-3)10-11(16)14-9-7-13;1-3-9(2)8-10(13)12-5-7-15-14-6-4-11/h15H,4-10,13H2,1-3H3,(H,14,16);9H,3-8,11H2,1-2H3,(H,12,13). The third kappa shape index (κ3) is 19.9. The molecule has 0 aromatic heterocycles. The monoisotopic (exact) mass is 479 g/mol. The van der Waals surface area contributed by atoms with E-state index in [0.717, 1.165) is 56.8 Å². The summed E-state index contributed by atoms with van der Waals surface area (Å²) in [5, 5.41) is 9.25. The van der Waals surface area contributed by atoms with Gasteiger partial charge in [-0.25, -0.2) is 0 Å². The first-order chi connectivity index (χ1) is 14.8. The molecule has 0 saturated carbocycles. The van der Waals surface area contributed by atoms with E-state index in [4.69, 9.17) is 11.5 Å². The average Bonchev–Trinajstić information content (AvgIpc) is 2.77. The van der Waals surface area contributed by atoms with Crippen LogP contribution in [-0.2, 0) is 9.59 Å². The first-order valence-corrected chi connectivity index (χ1v) is 14.3. The molecule has 0 saturated heterocycles. The van der Waals surface area contributed by atoms with Crippen molar-refractivity contribution in [1.82, 2.24) is 16.0 Å². The molecule has 2 amide bonds. The molecule has 0 fully saturated rings. The van der Waals surface area contributed by atoms with E-state index in [1.165, 1.54) is 0 Å². The smallest absolute Gasteiger partial charge is 0.221 e. The minimum atomic E-state index is -0.0469. The highest BCUT2D eigenvalue weighted by molar-refractivity contribution is 8.76. The van der Waals surface area contributed by atoms with Crippen molar-refractivity contribution in [1.29, 1.82) is 0 Å². The van der Waals surface area contributed by atoms with Crippen LogP contribution < -0.4 is 27.4 Å². The van der Waals surface area contributed by atoms with Crippen LogP contribution in [0.4, 0.5) is 0 Å². The molecule has 0 aromatic carbocycles. The maximum atomic E-state index is 11.7. The van der Waals surface area contributed by atoms with Gasteiger partial charge in [0.2, 0.25) is 11.8 Å². The molecular formula is C22H49N5O2S2. The molecule has 0 aromatic rings. The number of carbonyl (C=O) groups excluding carboxylic acids is 2. The van der Waals surface area contributed by atoms with Crippen molar-refractivity contribution in [3.63, 3.8) is 0 Å². The summed E-state index contributed by atoms with van der Waals surface area (Å²) in [4.78, 5) is 23.0. The maximum absolute atomic E-state index is 11.7. The molecule has 0 spiro atoms. The van der Waals surface area contributed by atoms with Crippen LogP contribution in [-0.4, -0.2) is 61.6 Å². The summed E-state index contributed by atoms with van der Waals surface area (Å²) in [6.45, 7) is 14.1. The lowest BCUT2D eigenvalue weighted by Gasteiger charge is -2.32. The minimum absolute atomic E-state index is 0.0469. The molecule has 0 radical (unpaired) electrons. The first-order valence-electron chi connectivity index (χ1n) is 11.8. The Kier molecular flexibility index (Phi) is 23.9. The molecule has 31 heavy (non-hydrogen) atoms. The molecule has 9 heteroatoms. The molecule has 0 aliphatic carbocycles. The normalized spacial score (nSPS) is 12.0. The number of nitrogens with one attached hydrogen (secondary N) is 3. The second kappa shape index (κ2) is 22.7. The van der Waals surface area contributed by atoms with E-state index in [-0.39, 0.29) is 17.4 Å². The number of carbonyl (C=O) groups is 2. The molecule has 7 N–H and O–H groups in total. The number of nitrogens with two attached hydrogens (primary N) is 2. The van der Waals surface area contributed by atoms with Crippen molar-refractivity contribution < 1.29 is 9.59 Å². The Balaban J connectivity index is 0. The van der Waals surface area contributed by atoms with Crippen LogP contribution in [0.2, 0.25) is 0 Å². The molecule has 7 nitrogen and oxygen atoms in total. The van der Waals surface area contributed by atoms with Gasteiger partial charge >= 0.3 is 0 Å². The topological polar surface area (TPSA) is 122 Å². The molecule has 0 heterocycles. The highest BCUT2D eigenvalue weighted by atomic mass is 33.1. The summed E-state index contributed by atoms with van der Waals surface area (Å²) < 4.78 is 0. The summed E-state index contributed by atoms with van der Waals surface area (Å²) in [6.07, 6.45) is 5.29. The molecule has 186 valence electrons. The lowest BCUT2D eigenvalue weighted by Crippen LogP contribution is -2.48. The Morgan fingerprint density at radius 1 is 0.871 bits per heavy atom. The second-order valence-electron chi connectivity index (χ2n) is 7.73. The van der Waals surface area contributed by atoms with Gasteiger partial charge in [0.25, 0.3) is 0 Å². The largest absolute Gasteiger partial charge is 0.355 e. The van der Waals surface area contributed by atoms with Gasteiger partial charge in [-0.3, -0.25) is 9.59 Å². The van der Waals surface area contributed by atoms with Gasteiger partial charge in [0.15, 0.2) is 0 Å². The van der Waals surface area contributed by atoms with Crippen molar-refractivity contribution in [2.75, 3.05) is 44.2 Å². The van der Waals surface area contributed by atoms with Crippen LogP contribution in [0.25, 0.3) is 0 Å². The Bertz CT molecular complexity index is 438. The zero-order valence-corrected chi connectivity index (χ0v) is 22.2. The molecule has 0 aliphatic rings. The van der Waals surface area contributed by atoms with E-state index in [0.29, 0.717) is 31.8 Å². The predicted molar refractivity (Wildman–Crippen MR) is 139 cm³/mol. The molecule has 0 bridgehead atoms. The average molecular weight is 480 g/mol. The van der Waals surface area contributed by atoms with Crippen LogP contribution in [0, 0.1) is 5.92 Å². The molecule has 0 rings (SSSR count). The fourth-order valence-corrected chi connectivity index (χ4v) is 4.48. The highest BCUT2D eigenvalue weighted by Crippen LogP contribution is 2.20. The third-order valence-corrected chi connectivity index (χ3v) is 7.53. The molecule has 1 unspecified atom stereocenters. The van der Waals surface area contributed by atoms with Crippen LogP contribution in [0.3, 0.4) is 0 Å². The Morgan fingerprint density at radius 3 is 2.00 bits per heavy atom. The fraction of sp³-hybridized carbons (Fsp3) is 0.909. The van der Waals surface area contributed by atoms with E-state index in [9.17, 15) is 9.59 Å². The molecule has 0 aliphatic heterocycles. The minimum Gasteiger partial charge on any atom is -0.355 e. The van der Waals surface area contributed by atoms with E-state index >= 15 is 0 Å². The lowest BCUT2D eigenvalue weighted by atomic mass is 9.88. The van der Waals surface area contributed by atoms with Crippen LogP contribution in [0.1, 0.15) is 73.1 Å². The zero-order chi connectivity index (χ0) is 24.0. The van der Waals surface area contributed by atoms with E-state index in [1.54, 1.807) is 21.6 Å². The van der Waals surface area contributed by atoms with Gasteiger partial charge in [0, 0.05) is 56.1 Å². The van der Waals surface area contributed by atoms with Crippen LogP contribution >= 0.6 is 21.6 Å². The van der Waals surface area contributed by atoms with Crippen LogP contribution in [0.15, 0.2) is 0 Å². The molecule has 1 atom stereocenters. The first kappa shape index (κ1) is 32.7. The van der Waals surface area contributed by atoms with Gasteiger partial charge in [-0.05, 0) is 31.7 Å². The fourth-order valence-electron chi connectivity index (χ4n) is 2.72. The Hall–Kier alpha value is -0.480. The van der Waals surface area contributed by atoms with Gasteiger partial charge in [0.1, 0.15) is 0 Å². The van der Waals surface area contributed by atoms with E-state index in [1.807, 2.05) is 0 Å². The summed E-state index contributed by atoms with van der Waals surface area (Å²) in [5.41, 5.74) is 10.7. The Morgan fingerprint density at radius 2 is 1.48 bits per heavy atom. The van der Waals surface area contributed by atoms with Crippen LogP contribution in [0.5, 0.6) is 0 Å². The van der Waals surface area contributed by atoms with Gasteiger partial charge < -0.3 is 27.4 Å². The zero-order valence-electron chi connectivity index (χ0n) is 20.6.